The molecule has 0 atom stereocenters. The Balaban J connectivity index is 1.52. The van der Waals surface area contributed by atoms with Crippen molar-refractivity contribution in [2.45, 2.75) is 17.1 Å². The van der Waals surface area contributed by atoms with E-state index >= 15 is 0 Å². The zero-order chi connectivity index (χ0) is 17.0. The molecule has 0 bridgehead atoms. The lowest BCUT2D eigenvalue weighted by molar-refractivity contribution is -0.126. The minimum Gasteiger partial charge on any atom is -0.273 e. The molecule has 3 rings (SSSR count). The molecule has 0 saturated carbocycles. The van der Waals surface area contributed by atoms with Crippen molar-refractivity contribution in [3.05, 3.63) is 39.9 Å². The van der Waals surface area contributed by atoms with Crippen LogP contribution in [0.4, 0.5) is 0 Å². The second kappa shape index (κ2) is 7.56. The number of rotatable bonds is 5. The van der Waals surface area contributed by atoms with E-state index in [9.17, 15) is 13.2 Å². The molecule has 1 aliphatic heterocycles. The van der Waals surface area contributed by atoms with Crippen molar-refractivity contribution in [3.63, 3.8) is 0 Å². The number of piperidine rings is 1. The maximum absolute atomic E-state index is 12.4. The first-order valence-electron chi connectivity index (χ1n) is 7.47. The molecule has 1 saturated heterocycles. The highest BCUT2D eigenvalue weighted by Gasteiger charge is 2.32. The fraction of sp³-hybridized carbons (Fsp3) is 0.333. The van der Waals surface area contributed by atoms with E-state index in [0.717, 1.165) is 4.88 Å². The first-order valence-corrected chi connectivity index (χ1v) is 10.7. The molecule has 24 heavy (non-hydrogen) atoms. The van der Waals surface area contributed by atoms with E-state index in [1.54, 1.807) is 23.7 Å². The number of carbonyl (C=O) groups excluding carboxylic acids is 1. The van der Waals surface area contributed by atoms with E-state index < -0.39 is 10.0 Å². The number of carbonyl (C=O) groups is 1. The number of hydrogen-bond acceptors (Lipinski definition) is 6. The standard InChI is InChI=1S/C15H17N3O3S3/c19-15(17-16-11-13-3-1-9-22-13)12-5-7-18(8-6-12)24(20,21)14-4-2-10-23-14/h1-4,9-12H,5-8H2,(H,17,19). The molecule has 0 aromatic carbocycles. The van der Waals surface area contributed by atoms with Gasteiger partial charge in [-0.2, -0.15) is 9.41 Å². The zero-order valence-electron chi connectivity index (χ0n) is 12.8. The molecule has 6 nitrogen and oxygen atoms in total. The molecule has 1 fully saturated rings. The van der Waals surface area contributed by atoms with Crippen molar-refractivity contribution in [2.24, 2.45) is 11.0 Å². The van der Waals surface area contributed by atoms with Crippen molar-refractivity contribution in [1.29, 1.82) is 0 Å². The lowest BCUT2D eigenvalue weighted by Gasteiger charge is -2.29. The summed E-state index contributed by atoms with van der Waals surface area (Å²) in [5.41, 5.74) is 2.54. The van der Waals surface area contributed by atoms with Gasteiger partial charge in [-0.1, -0.05) is 12.1 Å². The molecule has 2 aromatic heterocycles. The minimum absolute atomic E-state index is 0.157. The van der Waals surface area contributed by atoms with Gasteiger partial charge in [0.15, 0.2) is 0 Å². The van der Waals surface area contributed by atoms with Gasteiger partial charge in [0.25, 0.3) is 10.0 Å². The summed E-state index contributed by atoms with van der Waals surface area (Å²) in [5.74, 6) is -0.365. The van der Waals surface area contributed by atoms with Gasteiger partial charge < -0.3 is 0 Å². The SMILES string of the molecule is O=C(NN=Cc1cccs1)C1CCN(S(=O)(=O)c2cccs2)CC1. The number of thiophene rings is 2. The summed E-state index contributed by atoms with van der Waals surface area (Å²) in [6.45, 7) is 0.708. The first kappa shape index (κ1) is 17.3. The van der Waals surface area contributed by atoms with Crippen molar-refractivity contribution in [2.75, 3.05) is 13.1 Å². The van der Waals surface area contributed by atoms with Crippen LogP contribution >= 0.6 is 22.7 Å². The topological polar surface area (TPSA) is 78.8 Å². The van der Waals surface area contributed by atoms with Crippen LogP contribution in [0.25, 0.3) is 0 Å². The van der Waals surface area contributed by atoms with Crippen LogP contribution in [0.15, 0.2) is 44.3 Å². The Morgan fingerprint density at radius 2 is 1.92 bits per heavy atom. The minimum atomic E-state index is -3.42. The fourth-order valence-corrected chi connectivity index (χ4v) is 5.71. The highest BCUT2D eigenvalue weighted by atomic mass is 32.2. The van der Waals surface area contributed by atoms with E-state index in [-0.39, 0.29) is 11.8 Å². The number of amides is 1. The van der Waals surface area contributed by atoms with Crippen molar-refractivity contribution < 1.29 is 13.2 Å². The van der Waals surface area contributed by atoms with Crippen LogP contribution in [0.1, 0.15) is 17.7 Å². The second-order valence-corrected chi connectivity index (χ2v) is 9.45. The van der Waals surface area contributed by atoms with Crippen LogP contribution in [0.5, 0.6) is 0 Å². The average Bonchev–Trinajstić information content (AvgIpc) is 3.29. The van der Waals surface area contributed by atoms with E-state index in [0.29, 0.717) is 30.1 Å². The van der Waals surface area contributed by atoms with Crippen LogP contribution in [-0.4, -0.2) is 37.9 Å². The molecule has 2 aromatic rings. The highest BCUT2D eigenvalue weighted by molar-refractivity contribution is 7.91. The Morgan fingerprint density at radius 3 is 2.54 bits per heavy atom. The molecule has 0 spiro atoms. The normalized spacial score (nSPS) is 17.3. The van der Waals surface area contributed by atoms with Gasteiger partial charge in [0.1, 0.15) is 4.21 Å². The molecule has 0 radical (unpaired) electrons. The van der Waals surface area contributed by atoms with E-state index in [1.165, 1.54) is 27.0 Å². The lowest BCUT2D eigenvalue weighted by Crippen LogP contribution is -2.42. The summed E-state index contributed by atoms with van der Waals surface area (Å²) in [6.07, 6.45) is 2.62. The van der Waals surface area contributed by atoms with Gasteiger partial charge in [0, 0.05) is 23.9 Å². The second-order valence-electron chi connectivity index (χ2n) is 5.36. The number of hydrazone groups is 1. The number of sulfonamides is 1. The Hall–Kier alpha value is -1.55. The Morgan fingerprint density at radius 1 is 1.21 bits per heavy atom. The first-order chi connectivity index (χ1) is 11.6. The van der Waals surface area contributed by atoms with Gasteiger partial charge in [-0.3, -0.25) is 4.79 Å². The number of hydrogen-bond donors (Lipinski definition) is 1. The highest BCUT2D eigenvalue weighted by Crippen LogP contribution is 2.26. The monoisotopic (exact) mass is 383 g/mol. The van der Waals surface area contributed by atoms with E-state index in [1.807, 2.05) is 17.5 Å². The molecule has 3 heterocycles. The van der Waals surface area contributed by atoms with Crippen molar-refractivity contribution in [1.82, 2.24) is 9.73 Å². The predicted octanol–water partition coefficient (Wildman–Crippen LogP) is 2.36. The molecular formula is C15H17N3O3S3. The number of nitrogens with zero attached hydrogens (tertiary/aromatic N) is 2. The molecule has 1 amide bonds. The summed E-state index contributed by atoms with van der Waals surface area (Å²) in [5, 5.41) is 7.64. The van der Waals surface area contributed by atoms with Gasteiger partial charge >= 0.3 is 0 Å². The van der Waals surface area contributed by atoms with Gasteiger partial charge in [-0.05, 0) is 35.7 Å². The van der Waals surface area contributed by atoms with Crippen LogP contribution in [0.2, 0.25) is 0 Å². The number of nitrogens with one attached hydrogen (secondary N) is 1. The van der Waals surface area contributed by atoms with Crippen molar-refractivity contribution >= 4 is 44.8 Å². The largest absolute Gasteiger partial charge is 0.273 e. The van der Waals surface area contributed by atoms with Gasteiger partial charge in [0.2, 0.25) is 5.91 Å². The van der Waals surface area contributed by atoms with Crippen LogP contribution < -0.4 is 5.43 Å². The summed E-state index contributed by atoms with van der Waals surface area (Å²) < 4.78 is 26.7. The quantitative estimate of drug-likeness (QED) is 0.636. The fourth-order valence-electron chi connectivity index (χ4n) is 2.51. The molecular weight excluding hydrogens is 366 g/mol. The maximum Gasteiger partial charge on any atom is 0.252 e. The van der Waals surface area contributed by atoms with Crippen LogP contribution in [0, 0.1) is 5.92 Å². The third-order valence-electron chi connectivity index (χ3n) is 3.82. The summed E-state index contributed by atoms with van der Waals surface area (Å²) in [4.78, 5) is 13.1. The van der Waals surface area contributed by atoms with Gasteiger partial charge in [0.05, 0.1) is 6.21 Å². The van der Waals surface area contributed by atoms with Gasteiger partial charge in [-0.15, -0.1) is 22.7 Å². The third kappa shape index (κ3) is 3.92. The summed E-state index contributed by atoms with van der Waals surface area (Å²) >= 11 is 2.75. The van der Waals surface area contributed by atoms with Gasteiger partial charge in [-0.25, -0.2) is 13.8 Å². The molecule has 1 N–H and O–H groups in total. The lowest BCUT2D eigenvalue weighted by atomic mass is 9.98. The molecule has 0 unspecified atom stereocenters. The Kier molecular flexibility index (Phi) is 5.44. The Bertz CT molecular complexity index is 790. The van der Waals surface area contributed by atoms with E-state index in [4.69, 9.17) is 0 Å². The maximum atomic E-state index is 12.4. The Labute approximate surface area is 148 Å². The zero-order valence-corrected chi connectivity index (χ0v) is 15.2. The summed E-state index contributed by atoms with van der Waals surface area (Å²) in [7, 11) is -3.42. The van der Waals surface area contributed by atoms with E-state index in [2.05, 4.69) is 10.5 Å². The molecule has 1 aliphatic rings. The third-order valence-corrected chi connectivity index (χ3v) is 7.90. The average molecular weight is 384 g/mol. The summed E-state index contributed by atoms with van der Waals surface area (Å²) in [6, 6.07) is 7.16. The smallest absolute Gasteiger partial charge is 0.252 e. The molecule has 0 aliphatic carbocycles. The van der Waals surface area contributed by atoms with Crippen LogP contribution in [-0.2, 0) is 14.8 Å². The predicted molar refractivity (Wildman–Crippen MR) is 95.9 cm³/mol. The van der Waals surface area contributed by atoms with Crippen molar-refractivity contribution in [3.8, 4) is 0 Å². The van der Waals surface area contributed by atoms with Crippen LogP contribution in [0.3, 0.4) is 0 Å². The molecule has 128 valence electrons. The molecule has 9 heteroatoms.